The first-order valence-corrected chi connectivity index (χ1v) is 10.1. The van der Waals surface area contributed by atoms with E-state index in [1.165, 1.54) is 12.1 Å². The van der Waals surface area contributed by atoms with Crippen molar-refractivity contribution in [1.82, 2.24) is 4.98 Å². The molecule has 0 amide bonds. The molecule has 2 aromatic carbocycles. The lowest BCUT2D eigenvalue weighted by Gasteiger charge is -2.38. The SMILES string of the molecule is C=Cc1cc(Br)cc2nc(-c3ccc(O[C@@H]4O[C@H](C(=O)O)[C@@H](O)[C@H](O)[C@H]4O)c(F)c3)oc12. The van der Waals surface area contributed by atoms with E-state index in [1.807, 2.05) is 0 Å². The summed E-state index contributed by atoms with van der Waals surface area (Å²) < 4.78 is 31.5. The van der Waals surface area contributed by atoms with E-state index in [9.17, 15) is 24.5 Å². The molecule has 1 aromatic heterocycles. The van der Waals surface area contributed by atoms with Crippen LogP contribution >= 0.6 is 15.9 Å². The van der Waals surface area contributed by atoms with Crippen LogP contribution in [-0.2, 0) is 9.53 Å². The molecule has 5 atom stereocenters. The van der Waals surface area contributed by atoms with Crippen LogP contribution in [-0.4, -0.2) is 62.1 Å². The molecule has 1 saturated heterocycles. The molecule has 1 aliphatic rings. The highest BCUT2D eigenvalue weighted by Gasteiger charge is 2.48. The summed E-state index contributed by atoms with van der Waals surface area (Å²) in [6, 6.07) is 7.28. The molecule has 9 nitrogen and oxygen atoms in total. The van der Waals surface area contributed by atoms with E-state index in [0.29, 0.717) is 22.2 Å². The minimum absolute atomic E-state index is 0.144. The molecule has 2 heterocycles. The summed E-state index contributed by atoms with van der Waals surface area (Å²) in [6.07, 6.45) is -7.55. The molecule has 4 N–H and O–H groups in total. The molecule has 0 aliphatic carbocycles. The van der Waals surface area contributed by atoms with Crippen LogP contribution < -0.4 is 4.74 Å². The molecule has 32 heavy (non-hydrogen) atoms. The lowest BCUT2D eigenvalue weighted by Crippen LogP contribution is -2.61. The fourth-order valence-electron chi connectivity index (χ4n) is 3.30. The second-order valence-corrected chi connectivity index (χ2v) is 7.98. The second kappa shape index (κ2) is 8.60. The van der Waals surface area contributed by atoms with Gasteiger partial charge in [0.2, 0.25) is 12.2 Å². The predicted molar refractivity (Wildman–Crippen MR) is 112 cm³/mol. The zero-order valence-corrected chi connectivity index (χ0v) is 17.8. The average Bonchev–Trinajstić information content (AvgIpc) is 3.18. The standard InChI is InChI=1S/C21H17BrFNO8/c1-2-8-5-10(22)7-12-17(8)31-19(24-12)9-3-4-13(11(23)6-9)30-21-16(27)14(25)15(26)18(32-21)20(28)29/h2-7,14-16,18,21,25-27H,1H2,(H,28,29)/t14-,15-,16+,18-,21+/m0/s1. The number of carboxylic acids is 1. The fraction of sp³-hybridized carbons (Fsp3) is 0.238. The van der Waals surface area contributed by atoms with E-state index in [1.54, 1.807) is 18.2 Å². The Morgan fingerprint density at radius 3 is 2.59 bits per heavy atom. The van der Waals surface area contributed by atoms with Crippen molar-refractivity contribution >= 4 is 39.1 Å². The third-order valence-electron chi connectivity index (χ3n) is 4.94. The van der Waals surface area contributed by atoms with Gasteiger partial charge in [0.05, 0.1) is 0 Å². The van der Waals surface area contributed by atoms with E-state index in [4.69, 9.17) is 19.0 Å². The number of fused-ring (bicyclic) bond motifs is 1. The number of hydrogen-bond acceptors (Lipinski definition) is 8. The number of ether oxygens (including phenoxy) is 2. The van der Waals surface area contributed by atoms with E-state index in [2.05, 4.69) is 27.5 Å². The highest BCUT2D eigenvalue weighted by atomic mass is 79.9. The maximum Gasteiger partial charge on any atom is 0.335 e. The number of carboxylic acid groups (broad SMARTS) is 1. The Morgan fingerprint density at radius 1 is 1.19 bits per heavy atom. The number of aliphatic hydroxyl groups excluding tert-OH is 3. The Balaban J connectivity index is 1.61. The van der Waals surface area contributed by atoms with Gasteiger partial charge in [-0.15, -0.1) is 0 Å². The summed E-state index contributed by atoms with van der Waals surface area (Å²) in [5, 5.41) is 38.7. The summed E-state index contributed by atoms with van der Waals surface area (Å²) in [6.45, 7) is 3.73. The van der Waals surface area contributed by atoms with Gasteiger partial charge in [0.15, 0.2) is 23.3 Å². The maximum absolute atomic E-state index is 14.7. The quantitative estimate of drug-likeness (QED) is 0.407. The number of halogens is 2. The van der Waals surface area contributed by atoms with Gasteiger partial charge in [-0.05, 0) is 30.3 Å². The highest BCUT2D eigenvalue weighted by Crippen LogP contribution is 2.33. The molecule has 1 aliphatic heterocycles. The number of hydrogen-bond donors (Lipinski definition) is 4. The van der Waals surface area contributed by atoms with Gasteiger partial charge < -0.3 is 34.3 Å². The molecule has 11 heteroatoms. The van der Waals surface area contributed by atoms with Crippen molar-refractivity contribution in [3.8, 4) is 17.2 Å². The molecule has 1 fully saturated rings. The Labute approximate surface area is 188 Å². The van der Waals surface area contributed by atoms with Crippen LogP contribution in [0.3, 0.4) is 0 Å². The number of carbonyl (C=O) groups is 1. The van der Waals surface area contributed by atoms with Gasteiger partial charge >= 0.3 is 5.97 Å². The molecule has 3 aromatic rings. The van der Waals surface area contributed by atoms with Crippen LogP contribution in [0.1, 0.15) is 5.56 Å². The van der Waals surface area contributed by atoms with Crippen LogP contribution in [0.5, 0.6) is 5.75 Å². The molecular formula is C21H17BrFNO8. The van der Waals surface area contributed by atoms with E-state index >= 15 is 0 Å². The Kier molecular flexibility index (Phi) is 6.01. The van der Waals surface area contributed by atoms with Crippen LogP contribution in [0.15, 0.2) is 45.8 Å². The largest absolute Gasteiger partial charge is 0.479 e. The second-order valence-electron chi connectivity index (χ2n) is 7.06. The third-order valence-corrected chi connectivity index (χ3v) is 5.40. The molecule has 0 spiro atoms. The minimum Gasteiger partial charge on any atom is -0.479 e. The van der Waals surface area contributed by atoms with E-state index in [-0.39, 0.29) is 11.6 Å². The van der Waals surface area contributed by atoms with E-state index < -0.39 is 42.5 Å². The number of rotatable bonds is 5. The van der Waals surface area contributed by atoms with Gasteiger partial charge in [-0.25, -0.2) is 14.2 Å². The van der Waals surface area contributed by atoms with Gasteiger partial charge in [0.25, 0.3) is 0 Å². The lowest BCUT2D eigenvalue weighted by molar-refractivity contribution is -0.271. The maximum atomic E-state index is 14.7. The summed E-state index contributed by atoms with van der Waals surface area (Å²) in [5.41, 5.74) is 2.01. The summed E-state index contributed by atoms with van der Waals surface area (Å²) in [7, 11) is 0. The Hall–Kier alpha value is -2.83. The van der Waals surface area contributed by atoms with Crippen molar-refractivity contribution in [3.05, 3.63) is 52.8 Å². The summed E-state index contributed by atoms with van der Waals surface area (Å²) in [4.78, 5) is 15.5. The predicted octanol–water partition coefficient (Wildman–Crippen LogP) is 2.31. The monoisotopic (exact) mass is 509 g/mol. The molecule has 0 radical (unpaired) electrons. The zero-order chi connectivity index (χ0) is 23.2. The smallest absolute Gasteiger partial charge is 0.335 e. The molecule has 4 rings (SSSR count). The molecule has 0 bridgehead atoms. The normalized spacial score (nSPS) is 25.6. The average molecular weight is 510 g/mol. The molecule has 0 unspecified atom stereocenters. The fourth-order valence-corrected chi connectivity index (χ4v) is 3.77. The van der Waals surface area contributed by atoms with Crippen molar-refractivity contribution in [1.29, 1.82) is 0 Å². The number of benzene rings is 2. The highest BCUT2D eigenvalue weighted by molar-refractivity contribution is 9.10. The minimum atomic E-state index is -1.88. The first-order valence-electron chi connectivity index (χ1n) is 9.31. The summed E-state index contributed by atoms with van der Waals surface area (Å²) >= 11 is 3.38. The van der Waals surface area contributed by atoms with Crippen LogP contribution in [0.25, 0.3) is 28.6 Å². The van der Waals surface area contributed by atoms with Crippen LogP contribution in [0.2, 0.25) is 0 Å². The first-order chi connectivity index (χ1) is 15.2. The van der Waals surface area contributed by atoms with Gasteiger partial charge in [-0.2, -0.15) is 0 Å². The lowest BCUT2D eigenvalue weighted by atomic mass is 9.99. The zero-order valence-electron chi connectivity index (χ0n) is 16.2. The Morgan fingerprint density at radius 2 is 1.94 bits per heavy atom. The first kappa shape index (κ1) is 22.4. The number of oxazole rings is 1. The number of aliphatic hydroxyl groups is 3. The van der Waals surface area contributed by atoms with Gasteiger partial charge in [-0.3, -0.25) is 0 Å². The number of nitrogens with zero attached hydrogens (tertiary/aromatic N) is 1. The Bertz CT molecular complexity index is 1200. The topological polar surface area (TPSA) is 142 Å². The number of aliphatic carboxylic acids is 1. The third kappa shape index (κ3) is 4.00. The van der Waals surface area contributed by atoms with Gasteiger partial charge in [-0.1, -0.05) is 28.6 Å². The van der Waals surface area contributed by atoms with Crippen molar-refractivity contribution in [2.45, 2.75) is 30.7 Å². The molecule has 0 saturated carbocycles. The van der Waals surface area contributed by atoms with Crippen LogP contribution in [0.4, 0.5) is 4.39 Å². The summed E-state index contributed by atoms with van der Waals surface area (Å²) in [5.74, 6) is -2.69. The number of aromatic nitrogens is 1. The molecular weight excluding hydrogens is 493 g/mol. The van der Waals surface area contributed by atoms with Gasteiger partial charge in [0, 0.05) is 15.6 Å². The van der Waals surface area contributed by atoms with E-state index in [0.717, 1.165) is 10.5 Å². The van der Waals surface area contributed by atoms with Crippen molar-refractivity contribution in [2.75, 3.05) is 0 Å². The molecule has 168 valence electrons. The van der Waals surface area contributed by atoms with Crippen molar-refractivity contribution in [2.24, 2.45) is 0 Å². The van der Waals surface area contributed by atoms with Crippen molar-refractivity contribution < 1.29 is 43.5 Å². The van der Waals surface area contributed by atoms with Gasteiger partial charge in [0.1, 0.15) is 23.8 Å². The van der Waals surface area contributed by atoms with Crippen molar-refractivity contribution in [3.63, 3.8) is 0 Å². The van der Waals surface area contributed by atoms with Crippen LogP contribution in [0, 0.1) is 5.82 Å².